The van der Waals surface area contributed by atoms with Gasteiger partial charge in [-0.3, -0.25) is 4.79 Å². The van der Waals surface area contributed by atoms with Crippen LogP contribution in [0, 0.1) is 12.8 Å². The molecule has 10 heteroatoms. The predicted octanol–water partition coefficient (Wildman–Crippen LogP) is 4.67. The molecule has 1 aliphatic heterocycles. The number of benzene rings is 2. The third-order valence-electron chi connectivity index (χ3n) is 4.87. The first kappa shape index (κ1) is 22.6. The molecule has 5 nitrogen and oxygen atoms in total. The fourth-order valence-corrected chi connectivity index (χ4v) is 5.20. The van der Waals surface area contributed by atoms with Crippen LogP contribution in [-0.4, -0.2) is 31.8 Å². The van der Waals surface area contributed by atoms with E-state index in [1.165, 1.54) is 0 Å². The lowest BCUT2D eigenvalue weighted by atomic mass is 9.98. The number of carbonyl (C=O) groups excluding carboxylic acids is 1. The molecule has 2 aromatic rings. The summed E-state index contributed by atoms with van der Waals surface area (Å²) in [5, 5.41) is -0.288. The van der Waals surface area contributed by atoms with Crippen molar-refractivity contribution in [2.45, 2.75) is 30.8 Å². The van der Waals surface area contributed by atoms with E-state index in [-0.39, 0.29) is 31.0 Å². The maximum Gasteiger partial charge on any atom is 0.416 e. The number of hydrogen-bond acceptors (Lipinski definition) is 4. The number of esters is 1. The second-order valence-electron chi connectivity index (χ2n) is 7.06. The van der Waals surface area contributed by atoms with Gasteiger partial charge in [-0.1, -0.05) is 23.7 Å². The monoisotopic (exact) mass is 461 g/mol. The largest absolute Gasteiger partial charge is 0.426 e. The van der Waals surface area contributed by atoms with Gasteiger partial charge >= 0.3 is 12.1 Å². The Bertz CT molecular complexity index is 1050. The molecule has 0 N–H and O–H groups in total. The van der Waals surface area contributed by atoms with E-state index in [1.54, 1.807) is 18.2 Å². The maximum absolute atomic E-state index is 13.0. The predicted molar refractivity (Wildman–Crippen MR) is 105 cm³/mol. The van der Waals surface area contributed by atoms with Crippen molar-refractivity contribution in [2.75, 3.05) is 13.1 Å². The Morgan fingerprint density at radius 3 is 2.40 bits per heavy atom. The lowest BCUT2D eigenvalue weighted by Gasteiger charge is -2.30. The minimum absolute atomic E-state index is 0.0253. The van der Waals surface area contributed by atoms with Crippen LogP contribution in [-0.2, 0) is 21.0 Å². The third kappa shape index (κ3) is 4.96. The van der Waals surface area contributed by atoms with Crippen LogP contribution < -0.4 is 4.74 Å². The van der Waals surface area contributed by atoms with E-state index in [0.717, 1.165) is 22.0 Å². The van der Waals surface area contributed by atoms with Gasteiger partial charge in [-0.2, -0.15) is 17.5 Å². The molecule has 1 aliphatic rings. The highest BCUT2D eigenvalue weighted by molar-refractivity contribution is 7.89. The van der Waals surface area contributed by atoms with E-state index in [0.29, 0.717) is 11.8 Å². The smallest absolute Gasteiger partial charge is 0.416 e. The van der Waals surface area contributed by atoms with Crippen LogP contribution in [0.15, 0.2) is 47.4 Å². The van der Waals surface area contributed by atoms with Crippen LogP contribution in [0.25, 0.3) is 0 Å². The highest BCUT2D eigenvalue weighted by Crippen LogP contribution is 2.35. The SMILES string of the molecule is Cc1cccc(OC(=O)C2CCN(S(=O)(=O)c3cc(C(F)(F)F)ccc3Cl)CC2)c1. The summed E-state index contributed by atoms with van der Waals surface area (Å²) in [5.74, 6) is -0.561. The number of hydrogen-bond donors (Lipinski definition) is 0. The number of alkyl halides is 3. The lowest BCUT2D eigenvalue weighted by Crippen LogP contribution is -2.41. The van der Waals surface area contributed by atoms with Gasteiger partial charge in [0.15, 0.2) is 0 Å². The van der Waals surface area contributed by atoms with Gasteiger partial charge in [0.05, 0.1) is 16.5 Å². The molecule has 30 heavy (non-hydrogen) atoms. The van der Waals surface area contributed by atoms with Gasteiger partial charge in [0, 0.05) is 13.1 Å². The number of halogens is 4. The zero-order valence-electron chi connectivity index (χ0n) is 15.9. The summed E-state index contributed by atoms with van der Waals surface area (Å²) in [6.07, 6.45) is -4.30. The number of piperidine rings is 1. The minimum atomic E-state index is -4.69. The quantitative estimate of drug-likeness (QED) is 0.490. The summed E-state index contributed by atoms with van der Waals surface area (Å²) in [7, 11) is -4.24. The molecule has 3 rings (SSSR count). The molecule has 1 saturated heterocycles. The van der Waals surface area contributed by atoms with Crippen LogP contribution in [0.2, 0.25) is 5.02 Å². The minimum Gasteiger partial charge on any atom is -0.426 e. The van der Waals surface area contributed by atoms with E-state index in [2.05, 4.69) is 0 Å². The van der Waals surface area contributed by atoms with Crippen LogP contribution in [0.1, 0.15) is 24.0 Å². The maximum atomic E-state index is 13.0. The Labute approximate surface area is 177 Å². The average molecular weight is 462 g/mol. The first-order chi connectivity index (χ1) is 14.0. The molecule has 0 spiro atoms. The molecule has 2 aromatic carbocycles. The number of aryl methyl sites for hydroxylation is 1. The van der Waals surface area contributed by atoms with Crippen molar-refractivity contribution in [1.29, 1.82) is 0 Å². The van der Waals surface area contributed by atoms with Gasteiger partial charge in [-0.05, 0) is 55.7 Å². The van der Waals surface area contributed by atoms with E-state index in [4.69, 9.17) is 16.3 Å². The molecule has 1 fully saturated rings. The zero-order valence-corrected chi connectivity index (χ0v) is 17.5. The molecule has 1 heterocycles. The second kappa shape index (κ2) is 8.56. The lowest BCUT2D eigenvalue weighted by molar-refractivity contribution is -0.140. The Morgan fingerprint density at radius 2 is 1.80 bits per heavy atom. The van der Waals surface area contributed by atoms with Gasteiger partial charge in [-0.15, -0.1) is 0 Å². The van der Waals surface area contributed by atoms with Gasteiger partial charge in [-0.25, -0.2) is 8.42 Å². The Balaban J connectivity index is 1.70. The van der Waals surface area contributed by atoms with Gasteiger partial charge in [0.1, 0.15) is 10.6 Å². The van der Waals surface area contributed by atoms with E-state index in [1.807, 2.05) is 13.0 Å². The first-order valence-electron chi connectivity index (χ1n) is 9.14. The van der Waals surface area contributed by atoms with Gasteiger partial charge in [0.2, 0.25) is 10.0 Å². The Morgan fingerprint density at radius 1 is 1.13 bits per heavy atom. The summed E-state index contributed by atoms with van der Waals surface area (Å²) >= 11 is 5.88. The molecular formula is C20H19ClF3NO4S. The molecule has 162 valence electrons. The van der Waals surface area contributed by atoms with Crippen molar-refractivity contribution in [3.8, 4) is 5.75 Å². The summed E-state index contributed by atoms with van der Waals surface area (Å²) in [4.78, 5) is 11.8. The van der Waals surface area contributed by atoms with Crippen LogP contribution in [0.4, 0.5) is 13.2 Å². The molecule has 0 aromatic heterocycles. The molecule has 0 atom stereocenters. The van der Waals surface area contributed by atoms with Crippen LogP contribution >= 0.6 is 11.6 Å². The molecule has 0 bridgehead atoms. The van der Waals surface area contributed by atoms with E-state index >= 15 is 0 Å². The molecule has 0 saturated carbocycles. The van der Waals surface area contributed by atoms with Crippen LogP contribution in [0.5, 0.6) is 5.75 Å². The van der Waals surface area contributed by atoms with Crippen molar-refractivity contribution in [2.24, 2.45) is 5.92 Å². The standard InChI is InChI=1S/C20H19ClF3NO4S/c1-13-3-2-4-16(11-13)29-19(26)14-7-9-25(10-8-14)30(27,28)18-12-15(20(22,23)24)5-6-17(18)21/h2-6,11-12,14H,7-10H2,1H3. The summed E-state index contributed by atoms with van der Waals surface area (Å²) in [6, 6.07) is 9.17. The number of rotatable bonds is 4. The topological polar surface area (TPSA) is 63.7 Å². The Hall–Kier alpha value is -2.10. The fourth-order valence-electron chi connectivity index (χ4n) is 3.23. The van der Waals surface area contributed by atoms with Crippen molar-refractivity contribution < 1.29 is 31.1 Å². The zero-order chi connectivity index (χ0) is 22.1. The Kier molecular flexibility index (Phi) is 6.45. The molecular weight excluding hydrogens is 443 g/mol. The summed E-state index contributed by atoms with van der Waals surface area (Å²) < 4.78 is 71.0. The molecule has 0 radical (unpaired) electrons. The first-order valence-corrected chi connectivity index (χ1v) is 11.0. The molecule has 0 amide bonds. The summed E-state index contributed by atoms with van der Waals surface area (Å²) in [6.45, 7) is 1.81. The van der Waals surface area contributed by atoms with Crippen molar-refractivity contribution in [3.63, 3.8) is 0 Å². The highest BCUT2D eigenvalue weighted by atomic mass is 35.5. The number of carbonyl (C=O) groups is 1. The molecule has 0 aliphatic carbocycles. The summed E-state index contributed by atoms with van der Waals surface area (Å²) in [5.41, 5.74) is -0.165. The third-order valence-corrected chi connectivity index (χ3v) is 7.25. The van der Waals surface area contributed by atoms with E-state index in [9.17, 15) is 26.4 Å². The average Bonchev–Trinajstić information content (AvgIpc) is 2.67. The number of sulfonamides is 1. The molecule has 0 unspecified atom stereocenters. The number of nitrogens with zero attached hydrogens (tertiary/aromatic N) is 1. The highest BCUT2D eigenvalue weighted by Gasteiger charge is 2.37. The second-order valence-corrected chi connectivity index (χ2v) is 9.37. The normalized spacial score (nSPS) is 16.4. The number of ether oxygens (including phenoxy) is 1. The van der Waals surface area contributed by atoms with Crippen LogP contribution in [0.3, 0.4) is 0 Å². The van der Waals surface area contributed by atoms with E-state index < -0.39 is 38.5 Å². The van der Waals surface area contributed by atoms with Crippen molar-refractivity contribution in [1.82, 2.24) is 4.31 Å². The fraction of sp³-hybridized carbons (Fsp3) is 0.350. The van der Waals surface area contributed by atoms with Crippen molar-refractivity contribution >= 4 is 27.6 Å². The van der Waals surface area contributed by atoms with Gasteiger partial charge < -0.3 is 4.74 Å². The van der Waals surface area contributed by atoms with Gasteiger partial charge in [0.25, 0.3) is 0 Å². The van der Waals surface area contributed by atoms with Crippen molar-refractivity contribution in [3.05, 3.63) is 58.6 Å².